The van der Waals surface area contributed by atoms with Crippen molar-refractivity contribution in [1.29, 1.82) is 0 Å². The minimum atomic E-state index is -0.721. The molecule has 0 unspecified atom stereocenters. The van der Waals surface area contributed by atoms with Gasteiger partial charge in [-0.2, -0.15) is 0 Å². The van der Waals surface area contributed by atoms with Crippen molar-refractivity contribution in [2.75, 3.05) is 26.2 Å². The molecule has 0 spiro atoms. The van der Waals surface area contributed by atoms with Gasteiger partial charge in [0.25, 0.3) is 0 Å². The molecule has 5 nitrogen and oxygen atoms in total. The van der Waals surface area contributed by atoms with Crippen LogP contribution >= 0.6 is 11.3 Å². The molecule has 0 bridgehead atoms. The summed E-state index contributed by atoms with van der Waals surface area (Å²) in [7, 11) is 0. The summed E-state index contributed by atoms with van der Waals surface area (Å²) in [5.41, 5.74) is 1.22. The summed E-state index contributed by atoms with van der Waals surface area (Å²) in [6.07, 6.45) is 7.46. The maximum absolute atomic E-state index is 11.0. The first kappa shape index (κ1) is 17.8. The molecule has 2 heterocycles. The van der Waals surface area contributed by atoms with Crippen LogP contribution in [0.5, 0.6) is 0 Å². The second-order valence-corrected chi connectivity index (χ2v) is 8.01. The third-order valence-corrected chi connectivity index (χ3v) is 6.53. The Morgan fingerprint density at radius 3 is 2.67 bits per heavy atom. The summed E-state index contributed by atoms with van der Waals surface area (Å²) < 4.78 is 0. The Hall–Kier alpha value is -0.980. The monoisotopic (exact) mass is 351 g/mol. The number of piperidine rings is 1. The van der Waals surface area contributed by atoms with E-state index in [0.29, 0.717) is 12.0 Å². The van der Waals surface area contributed by atoms with Crippen molar-refractivity contribution in [2.45, 2.75) is 64.0 Å². The van der Waals surface area contributed by atoms with E-state index in [-0.39, 0.29) is 6.54 Å². The summed E-state index contributed by atoms with van der Waals surface area (Å²) in [5.74, 6) is -0.00943. The molecule has 1 saturated carbocycles. The van der Waals surface area contributed by atoms with Crippen LogP contribution in [0.4, 0.5) is 0 Å². The Morgan fingerprint density at radius 1 is 1.33 bits per heavy atom. The Balaban J connectivity index is 1.47. The molecular formula is C18H29N3O2S. The van der Waals surface area contributed by atoms with Crippen molar-refractivity contribution in [1.82, 2.24) is 14.8 Å². The molecule has 1 aliphatic carbocycles. The van der Waals surface area contributed by atoms with Crippen LogP contribution in [0.1, 0.15) is 62.1 Å². The molecule has 3 rings (SSSR count). The second-order valence-electron chi connectivity index (χ2n) is 7.12. The summed E-state index contributed by atoms with van der Waals surface area (Å²) in [6, 6.07) is 0.409. The average Bonchev–Trinajstić information content (AvgIpc) is 3.24. The van der Waals surface area contributed by atoms with Crippen LogP contribution in [0.15, 0.2) is 5.38 Å². The van der Waals surface area contributed by atoms with Crippen molar-refractivity contribution in [3.8, 4) is 0 Å². The molecule has 2 fully saturated rings. The number of thiazole rings is 1. The van der Waals surface area contributed by atoms with Crippen LogP contribution in [-0.4, -0.2) is 58.1 Å². The fraction of sp³-hybridized carbons (Fsp3) is 0.778. The van der Waals surface area contributed by atoms with Crippen LogP contribution in [0.3, 0.4) is 0 Å². The minimum absolute atomic E-state index is 0.165. The predicted molar refractivity (Wildman–Crippen MR) is 96.5 cm³/mol. The molecule has 1 N–H and O–H groups in total. The summed E-state index contributed by atoms with van der Waals surface area (Å²) in [5, 5.41) is 12.6. The van der Waals surface area contributed by atoms with Gasteiger partial charge in [0, 0.05) is 37.0 Å². The first-order valence-electron chi connectivity index (χ1n) is 9.28. The quantitative estimate of drug-likeness (QED) is 0.818. The summed E-state index contributed by atoms with van der Waals surface area (Å²) >= 11 is 1.84. The number of carboxylic acid groups (broad SMARTS) is 1. The number of rotatable bonds is 7. The van der Waals surface area contributed by atoms with E-state index in [1.165, 1.54) is 36.4 Å². The van der Waals surface area contributed by atoms with Crippen molar-refractivity contribution in [3.05, 3.63) is 16.1 Å². The van der Waals surface area contributed by atoms with Crippen LogP contribution in [0.25, 0.3) is 0 Å². The van der Waals surface area contributed by atoms with E-state index in [2.05, 4.69) is 22.1 Å². The maximum atomic E-state index is 11.0. The SMILES string of the molecule is CCN(CC(=O)O)C1CCN(Cc2csc(C3CCCC3)n2)CC1. The molecule has 134 valence electrons. The van der Waals surface area contributed by atoms with Gasteiger partial charge in [0.1, 0.15) is 0 Å². The molecule has 1 aromatic heterocycles. The molecular weight excluding hydrogens is 322 g/mol. The van der Waals surface area contributed by atoms with E-state index in [4.69, 9.17) is 10.1 Å². The van der Waals surface area contributed by atoms with Gasteiger partial charge in [-0.1, -0.05) is 19.8 Å². The summed E-state index contributed by atoms with van der Waals surface area (Å²) in [6.45, 7) is 6.05. The third-order valence-electron chi connectivity index (χ3n) is 5.48. The number of aromatic nitrogens is 1. The van der Waals surface area contributed by atoms with Crippen molar-refractivity contribution < 1.29 is 9.90 Å². The predicted octanol–water partition coefficient (Wildman–Crippen LogP) is 3.17. The van der Waals surface area contributed by atoms with Crippen molar-refractivity contribution >= 4 is 17.3 Å². The number of hydrogen-bond acceptors (Lipinski definition) is 5. The van der Waals surface area contributed by atoms with Gasteiger partial charge in [-0.25, -0.2) is 4.98 Å². The number of aliphatic carboxylic acids is 1. The molecule has 0 atom stereocenters. The number of likely N-dealkylation sites (tertiary alicyclic amines) is 1. The third kappa shape index (κ3) is 4.55. The standard InChI is InChI=1S/C18H29N3O2S/c1-2-21(12-17(22)23)16-7-9-20(10-8-16)11-15-13-24-18(19-15)14-5-3-4-6-14/h13-14,16H,2-12H2,1H3,(H,22,23). The van der Waals surface area contributed by atoms with Crippen molar-refractivity contribution in [3.63, 3.8) is 0 Å². The summed E-state index contributed by atoms with van der Waals surface area (Å²) in [4.78, 5) is 20.4. The molecule has 1 aromatic rings. The number of carbonyl (C=O) groups is 1. The lowest BCUT2D eigenvalue weighted by Crippen LogP contribution is -2.46. The Morgan fingerprint density at radius 2 is 2.04 bits per heavy atom. The molecule has 0 amide bonds. The largest absolute Gasteiger partial charge is 0.480 e. The Labute approximate surface area is 148 Å². The normalized spacial score (nSPS) is 20.9. The van der Waals surface area contributed by atoms with Gasteiger partial charge in [-0.05, 0) is 32.2 Å². The van der Waals surface area contributed by atoms with Gasteiger partial charge in [-0.3, -0.25) is 14.6 Å². The maximum Gasteiger partial charge on any atom is 0.317 e. The van der Waals surface area contributed by atoms with E-state index in [9.17, 15) is 4.79 Å². The fourth-order valence-electron chi connectivity index (χ4n) is 4.10. The molecule has 2 aliphatic rings. The Kier molecular flexibility index (Phi) is 6.25. The van der Waals surface area contributed by atoms with E-state index < -0.39 is 5.97 Å². The lowest BCUT2D eigenvalue weighted by molar-refractivity contribution is -0.139. The van der Waals surface area contributed by atoms with Gasteiger partial charge < -0.3 is 5.11 Å². The number of nitrogens with zero attached hydrogens (tertiary/aromatic N) is 3. The first-order valence-corrected chi connectivity index (χ1v) is 10.2. The highest BCUT2D eigenvalue weighted by Crippen LogP contribution is 2.35. The lowest BCUT2D eigenvalue weighted by atomic mass is 10.0. The zero-order valence-corrected chi connectivity index (χ0v) is 15.4. The van der Waals surface area contributed by atoms with Crippen LogP contribution in [0.2, 0.25) is 0 Å². The highest BCUT2D eigenvalue weighted by atomic mass is 32.1. The van der Waals surface area contributed by atoms with Crippen LogP contribution < -0.4 is 0 Å². The van der Waals surface area contributed by atoms with Gasteiger partial charge in [-0.15, -0.1) is 11.3 Å². The lowest BCUT2D eigenvalue weighted by Gasteiger charge is -2.37. The highest BCUT2D eigenvalue weighted by Gasteiger charge is 2.26. The van der Waals surface area contributed by atoms with Crippen LogP contribution in [0, 0.1) is 0 Å². The zero-order chi connectivity index (χ0) is 16.9. The van der Waals surface area contributed by atoms with Gasteiger partial charge in [0.15, 0.2) is 0 Å². The average molecular weight is 352 g/mol. The van der Waals surface area contributed by atoms with Crippen molar-refractivity contribution in [2.24, 2.45) is 0 Å². The molecule has 1 aliphatic heterocycles. The fourth-order valence-corrected chi connectivity index (χ4v) is 5.08. The van der Waals surface area contributed by atoms with E-state index in [1.807, 2.05) is 11.3 Å². The number of carboxylic acids is 1. The zero-order valence-electron chi connectivity index (χ0n) is 14.6. The van der Waals surface area contributed by atoms with E-state index in [0.717, 1.165) is 39.0 Å². The molecule has 6 heteroatoms. The van der Waals surface area contributed by atoms with Gasteiger partial charge >= 0.3 is 5.97 Å². The minimum Gasteiger partial charge on any atom is -0.480 e. The van der Waals surface area contributed by atoms with Gasteiger partial charge in [0.2, 0.25) is 0 Å². The smallest absolute Gasteiger partial charge is 0.317 e. The van der Waals surface area contributed by atoms with Gasteiger partial charge in [0.05, 0.1) is 17.2 Å². The van der Waals surface area contributed by atoms with Crippen LogP contribution in [-0.2, 0) is 11.3 Å². The molecule has 1 saturated heterocycles. The number of hydrogen-bond donors (Lipinski definition) is 1. The number of likely N-dealkylation sites (N-methyl/N-ethyl adjacent to an activating group) is 1. The van der Waals surface area contributed by atoms with E-state index in [1.54, 1.807) is 0 Å². The topological polar surface area (TPSA) is 56.7 Å². The molecule has 0 radical (unpaired) electrons. The second kappa shape index (κ2) is 8.41. The molecule has 0 aromatic carbocycles. The highest BCUT2D eigenvalue weighted by molar-refractivity contribution is 7.09. The Bertz CT molecular complexity index is 534. The van der Waals surface area contributed by atoms with E-state index >= 15 is 0 Å². The first-order chi connectivity index (χ1) is 11.7. The molecule has 24 heavy (non-hydrogen) atoms.